The van der Waals surface area contributed by atoms with Crippen molar-refractivity contribution < 1.29 is 38.2 Å². The quantitative estimate of drug-likeness (QED) is 0.281. The van der Waals surface area contributed by atoms with E-state index in [1.54, 1.807) is 12.2 Å². The Morgan fingerprint density at radius 2 is 1.72 bits per heavy atom. The fourth-order valence-corrected chi connectivity index (χ4v) is 8.89. The van der Waals surface area contributed by atoms with Crippen LogP contribution in [-0.2, 0) is 38.2 Å². The first-order valence-electron chi connectivity index (χ1n) is 12.4. The van der Waals surface area contributed by atoms with Crippen LogP contribution in [0, 0.1) is 22.7 Å². The number of carbonyl (C=O) groups is 5. The molecule has 0 spiro atoms. The molecule has 0 heterocycles. The molecule has 8 nitrogen and oxygen atoms in total. The van der Waals surface area contributed by atoms with E-state index < -0.39 is 57.2 Å². The molecule has 36 heavy (non-hydrogen) atoms. The first kappa shape index (κ1) is 26.8. The lowest BCUT2D eigenvalue weighted by molar-refractivity contribution is -0.200. The van der Waals surface area contributed by atoms with Crippen LogP contribution in [0.25, 0.3) is 0 Å². The number of hydrogen-bond acceptors (Lipinski definition) is 8. The molecule has 9 heteroatoms. The number of Topliss-reactive ketones (excluding diaryl/α,β-unsaturated/α-hetero) is 1. The molecule has 0 aromatic carbocycles. The number of carbonyl (C=O) groups excluding carboxylic acids is 5. The van der Waals surface area contributed by atoms with Crippen LogP contribution >= 0.6 is 15.9 Å². The van der Waals surface area contributed by atoms with E-state index in [2.05, 4.69) is 22.9 Å². The van der Waals surface area contributed by atoms with Crippen molar-refractivity contribution in [1.82, 2.24) is 0 Å². The van der Waals surface area contributed by atoms with Crippen molar-refractivity contribution in [3.8, 4) is 0 Å². The normalized spacial score (nSPS) is 40.8. The Bertz CT molecular complexity index is 1090. The van der Waals surface area contributed by atoms with Crippen LogP contribution < -0.4 is 0 Å². The van der Waals surface area contributed by atoms with Crippen LogP contribution in [0.4, 0.5) is 0 Å². The highest BCUT2D eigenvalue weighted by Gasteiger charge is 2.75. The summed E-state index contributed by atoms with van der Waals surface area (Å²) in [5.74, 6) is -2.30. The zero-order chi connectivity index (χ0) is 26.7. The zero-order valence-electron chi connectivity index (χ0n) is 21.4. The Labute approximate surface area is 219 Å². The molecule has 0 bridgehead atoms. The molecule has 3 fully saturated rings. The predicted molar refractivity (Wildman–Crippen MR) is 132 cm³/mol. The highest BCUT2D eigenvalue weighted by Crippen LogP contribution is 2.72. The van der Waals surface area contributed by atoms with E-state index in [0.717, 1.165) is 5.57 Å². The summed E-state index contributed by atoms with van der Waals surface area (Å²) in [5, 5.41) is 0. The third-order valence-electron chi connectivity index (χ3n) is 9.22. The highest BCUT2D eigenvalue weighted by molar-refractivity contribution is 9.10. The van der Waals surface area contributed by atoms with Gasteiger partial charge in [-0.1, -0.05) is 41.4 Å². The summed E-state index contributed by atoms with van der Waals surface area (Å²) in [6, 6.07) is 0. The van der Waals surface area contributed by atoms with Gasteiger partial charge in [0.15, 0.2) is 18.0 Å². The second kappa shape index (κ2) is 8.92. The van der Waals surface area contributed by atoms with Gasteiger partial charge >= 0.3 is 17.9 Å². The zero-order valence-corrected chi connectivity index (χ0v) is 22.9. The van der Waals surface area contributed by atoms with E-state index in [1.807, 2.05) is 13.0 Å². The molecule has 0 aliphatic heterocycles. The smallest absolute Gasteiger partial charge is 0.303 e. The van der Waals surface area contributed by atoms with Crippen molar-refractivity contribution in [1.29, 1.82) is 0 Å². The number of esters is 3. The Morgan fingerprint density at radius 3 is 2.33 bits per heavy atom. The van der Waals surface area contributed by atoms with Gasteiger partial charge < -0.3 is 14.2 Å². The monoisotopic (exact) mass is 564 g/mol. The molecule has 7 atom stereocenters. The van der Waals surface area contributed by atoms with E-state index in [1.165, 1.54) is 20.8 Å². The largest absolute Gasteiger partial charge is 0.461 e. The Hall–Kier alpha value is -2.29. The van der Waals surface area contributed by atoms with E-state index >= 15 is 0 Å². The fourth-order valence-electron chi connectivity index (χ4n) is 7.70. The molecule has 4 aliphatic rings. The van der Waals surface area contributed by atoms with Crippen LogP contribution in [0.1, 0.15) is 66.7 Å². The van der Waals surface area contributed by atoms with Crippen LogP contribution in [0.2, 0.25) is 0 Å². The van der Waals surface area contributed by atoms with Gasteiger partial charge in [-0.15, -0.1) is 0 Å². The molecule has 0 amide bonds. The lowest BCUT2D eigenvalue weighted by Crippen LogP contribution is -2.69. The molecular formula is C27H33BrO8. The molecule has 196 valence electrons. The van der Waals surface area contributed by atoms with Crippen molar-refractivity contribution >= 4 is 45.4 Å². The minimum atomic E-state index is -1.51. The van der Waals surface area contributed by atoms with Crippen LogP contribution in [0.15, 0.2) is 23.8 Å². The van der Waals surface area contributed by atoms with Gasteiger partial charge in [0, 0.05) is 31.6 Å². The van der Waals surface area contributed by atoms with E-state index in [-0.39, 0.29) is 30.5 Å². The number of ketones is 2. The van der Waals surface area contributed by atoms with Gasteiger partial charge in [0.2, 0.25) is 5.78 Å². The Morgan fingerprint density at radius 1 is 1.03 bits per heavy atom. The van der Waals surface area contributed by atoms with Crippen LogP contribution in [0.3, 0.4) is 0 Å². The predicted octanol–water partition coefficient (Wildman–Crippen LogP) is 3.79. The molecule has 4 aliphatic carbocycles. The third kappa shape index (κ3) is 3.72. The van der Waals surface area contributed by atoms with Crippen molar-refractivity contribution in [2.45, 2.75) is 82.8 Å². The lowest BCUT2D eigenvalue weighted by atomic mass is 9.46. The lowest BCUT2D eigenvalue weighted by Gasteiger charge is -2.64. The second-order valence-corrected chi connectivity index (χ2v) is 12.3. The first-order chi connectivity index (χ1) is 16.7. The average Bonchev–Trinajstić information content (AvgIpc) is 3.05. The molecule has 0 aromatic heterocycles. The van der Waals surface area contributed by atoms with E-state index in [4.69, 9.17) is 14.2 Å². The van der Waals surface area contributed by atoms with E-state index in [9.17, 15) is 24.0 Å². The molecule has 0 saturated heterocycles. The Kier molecular flexibility index (Phi) is 6.63. The van der Waals surface area contributed by atoms with Crippen LogP contribution in [-0.4, -0.2) is 52.1 Å². The van der Waals surface area contributed by atoms with Gasteiger partial charge in [0.25, 0.3) is 0 Å². The van der Waals surface area contributed by atoms with Crippen molar-refractivity contribution in [2.24, 2.45) is 22.7 Å². The Balaban J connectivity index is 1.85. The SMILES string of the molecule is CC(=O)OCC(=O)[C@]1(OC(C)=O)CC[C@@H]2[C@H]3CCC4=CC(=O)C=C[C@]4(C)[C@]3(Br)[C@@H](OC(C)=O)C[C@@]21C. The second-order valence-electron chi connectivity index (χ2n) is 11.0. The van der Waals surface area contributed by atoms with E-state index in [0.29, 0.717) is 19.3 Å². The van der Waals surface area contributed by atoms with Gasteiger partial charge in [0.05, 0.1) is 4.32 Å². The maximum Gasteiger partial charge on any atom is 0.303 e. The first-order valence-corrected chi connectivity index (χ1v) is 13.2. The van der Waals surface area contributed by atoms with Gasteiger partial charge in [-0.3, -0.25) is 24.0 Å². The number of ether oxygens (including phenoxy) is 3. The number of hydrogen-bond donors (Lipinski definition) is 0. The molecule has 0 aromatic rings. The maximum atomic E-state index is 13.6. The fraction of sp³-hybridized carbons (Fsp3) is 0.667. The molecular weight excluding hydrogens is 532 g/mol. The summed E-state index contributed by atoms with van der Waals surface area (Å²) in [6.07, 6.45) is 7.01. The summed E-state index contributed by atoms with van der Waals surface area (Å²) < 4.78 is 16.2. The van der Waals surface area contributed by atoms with Gasteiger partial charge in [-0.05, 0) is 56.1 Å². The minimum absolute atomic E-state index is 0.0560. The molecule has 0 unspecified atom stereocenters. The summed E-state index contributed by atoms with van der Waals surface area (Å²) in [4.78, 5) is 62.0. The minimum Gasteiger partial charge on any atom is -0.461 e. The molecule has 0 radical (unpaired) electrons. The van der Waals surface area contributed by atoms with Gasteiger partial charge in [-0.25, -0.2) is 0 Å². The number of halogens is 1. The van der Waals surface area contributed by atoms with Crippen molar-refractivity contribution in [2.75, 3.05) is 6.61 Å². The number of rotatable bonds is 5. The number of allylic oxidation sites excluding steroid dienone is 4. The summed E-state index contributed by atoms with van der Waals surface area (Å²) >= 11 is 4.08. The van der Waals surface area contributed by atoms with Crippen molar-refractivity contribution in [3.05, 3.63) is 23.8 Å². The molecule has 4 rings (SSSR count). The van der Waals surface area contributed by atoms with Gasteiger partial charge in [-0.2, -0.15) is 0 Å². The number of alkyl halides is 1. The summed E-state index contributed by atoms with van der Waals surface area (Å²) in [6.45, 7) is 7.32. The van der Waals surface area contributed by atoms with Crippen molar-refractivity contribution in [3.63, 3.8) is 0 Å². The molecule has 0 N–H and O–H groups in total. The highest BCUT2D eigenvalue weighted by atomic mass is 79.9. The average molecular weight is 565 g/mol. The van der Waals surface area contributed by atoms with Crippen LogP contribution in [0.5, 0.6) is 0 Å². The third-order valence-corrected chi connectivity index (χ3v) is 11.1. The summed E-state index contributed by atoms with van der Waals surface area (Å²) in [5.41, 5.74) is -2.00. The number of fused-ring (bicyclic) bond motifs is 5. The summed E-state index contributed by atoms with van der Waals surface area (Å²) in [7, 11) is 0. The maximum absolute atomic E-state index is 13.6. The topological polar surface area (TPSA) is 113 Å². The standard InChI is InChI=1S/C27H33BrO8/c1-15(29)34-14-22(33)26(36-17(3)31)11-9-20-21-7-6-18-12-19(32)8-10-24(18,4)27(21,28)23(35-16(2)30)13-25(20,26)5/h8,10,12,20-21,23H,6-7,9,11,13-14H2,1-5H3/t20-,21-,23+,24+,25+,26-,27-/m1/s1. The van der Waals surface area contributed by atoms with Gasteiger partial charge in [0.1, 0.15) is 6.10 Å². The molecule has 3 saturated carbocycles.